The molecular weight excluding hydrogens is 448 g/mol. The Hall–Kier alpha value is -4.16. The minimum absolute atomic E-state index is 0.151. The first-order valence-corrected chi connectivity index (χ1v) is 11.7. The topological polar surface area (TPSA) is 109 Å². The van der Waals surface area contributed by atoms with Crippen molar-refractivity contribution in [3.8, 4) is 11.8 Å². The standard InChI is InChI=1S/C25H20N6O2S/c1-15(2)18-7-4-6-10-21(18)30-24(33)19-8-3-5-9-20(19)29-25(30)34-14-17-11-22(32)31-23(28-17)16(12-26)13-27-31/h3-11,13,15,27H,14H2,1-2H3. The molecule has 5 rings (SSSR count). The summed E-state index contributed by atoms with van der Waals surface area (Å²) >= 11 is 1.33. The summed E-state index contributed by atoms with van der Waals surface area (Å²) in [6, 6.07) is 18.5. The number of H-pyrrole nitrogens is 1. The Morgan fingerprint density at radius 3 is 2.65 bits per heavy atom. The third-order valence-electron chi connectivity index (χ3n) is 5.56. The van der Waals surface area contributed by atoms with E-state index in [0.717, 1.165) is 11.3 Å². The molecule has 3 aromatic heterocycles. The van der Waals surface area contributed by atoms with Gasteiger partial charge in [0, 0.05) is 18.0 Å². The van der Waals surface area contributed by atoms with E-state index in [0.29, 0.717) is 27.5 Å². The third-order valence-corrected chi connectivity index (χ3v) is 6.54. The normalized spacial score (nSPS) is 11.4. The zero-order chi connectivity index (χ0) is 23.8. The number of nitrogens with zero attached hydrogens (tertiary/aromatic N) is 5. The van der Waals surface area contributed by atoms with Crippen molar-refractivity contribution < 1.29 is 0 Å². The molecule has 0 radical (unpaired) electrons. The molecule has 0 unspecified atom stereocenters. The van der Waals surface area contributed by atoms with E-state index >= 15 is 0 Å². The van der Waals surface area contributed by atoms with Crippen LogP contribution >= 0.6 is 11.8 Å². The molecule has 0 aliphatic rings. The molecule has 3 heterocycles. The van der Waals surface area contributed by atoms with Gasteiger partial charge in [0.25, 0.3) is 11.1 Å². The van der Waals surface area contributed by atoms with E-state index in [1.165, 1.54) is 28.5 Å². The number of thioether (sulfide) groups is 1. The monoisotopic (exact) mass is 468 g/mol. The summed E-state index contributed by atoms with van der Waals surface area (Å²) in [6.45, 7) is 4.17. The number of rotatable bonds is 5. The molecule has 0 spiro atoms. The van der Waals surface area contributed by atoms with Crippen LogP contribution in [0.4, 0.5) is 0 Å². The molecule has 9 heteroatoms. The van der Waals surface area contributed by atoms with Gasteiger partial charge in [-0.2, -0.15) is 5.26 Å². The van der Waals surface area contributed by atoms with Gasteiger partial charge in [-0.05, 0) is 29.7 Å². The summed E-state index contributed by atoms with van der Waals surface area (Å²) in [4.78, 5) is 35.4. The van der Waals surface area contributed by atoms with Crippen molar-refractivity contribution in [3.63, 3.8) is 0 Å². The minimum atomic E-state index is -0.309. The number of nitrogens with one attached hydrogen (secondary N) is 1. The van der Waals surface area contributed by atoms with Crippen molar-refractivity contribution in [2.45, 2.75) is 30.7 Å². The fraction of sp³-hybridized carbons (Fsp3) is 0.160. The number of hydrogen-bond acceptors (Lipinski definition) is 6. The van der Waals surface area contributed by atoms with Gasteiger partial charge in [-0.25, -0.2) is 14.5 Å². The Morgan fingerprint density at radius 2 is 1.85 bits per heavy atom. The van der Waals surface area contributed by atoms with Crippen molar-refractivity contribution in [1.29, 1.82) is 5.26 Å². The lowest BCUT2D eigenvalue weighted by molar-refractivity contribution is 0.780. The Balaban J connectivity index is 1.65. The largest absolute Gasteiger partial charge is 0.295 e. The Labute approximate surface area is 198 Å². The molecule has 168 valence electrons. The predicted molar refractivity (Wildman–Crippen MR) is 132 cm³/mol. The van der Waals surface area contributed by atoms with Crippen LogP contribution in [0.15, 0.2) is 75.5 Å². The number of aromatic nitrogens is 5. The van der Waals surface area contributed by atoms with Gasteiger partial charge in [-0.3, -0.25) is 19.3 Å². The molecule has 0 fully saturated rings. The number of para-hydroxylation sites is 2. The Bertz CT molecular complexity index is 1710. The van der Waals surface area contributed by atoms with E-state index in [4.69, 9.17) is 4.98 Å². The van der Waals surface area contributed by atoms with Gasteiger partial charge in [-0.1, -0.05) is 55.9 Å². The smallest absolute Gasteiger partial charge is 0.272 e. The van der Waals surface area contributed by atoms with Crippen molar-refractivity contribution in [2.75, 3.05) is 0 Å². The lowest BCUT2D eigenvalue weighted by atomic mass is 10.0. The van der Waals surface area contributed by atoms with E-state index in [1.807, 2.05) is 48.5 Å². The minimum Gasteiger partial charge on any atom is -0.295 e. The van der Waals surface area contributed by atoms with Gasteiger partial charge in [0.15, 0.2) is 10.8 Å². The zero-order valence-electron chi connectivity index (χ0n) is 18.5. The summed E-state index contributed by atoms with van der Waals surface area (Å²) in [5.41, 5.74) is 3.02. The van der Waals surface area contributed by atoms with E-state index < -0.39 is 0 Å². The molecule has 34 heavy (non-hydrogen) atoms. The second-order valence-corrected chi connectivity index (χ2v) is 9.04. The van der Waals surface area contributed by atoms with Gasteiger partial charge >= 0.3 is 0 Å². The quantitative estimate of drug-likeness (QED) is 0.308. The van der Waals surface area contributed by atoms with Gasteiger partial charge in [0.2, 0.25) is 0 Å². The predicted octanol–water partition coefficient (Wildman–Crippen LogP) is 4.01. The van der Waals surface area contributed by atoms with Crippen molar-refractivity contribution >= 4 is 28.3 Å². The highest BCUT2D eigenvalue weighted by Crippen LogP contribution is 2.28. The van der Waals surface area contributed by atoms with Gasteiger partial charge in [0.05, 0.1) is 22.3 Å². The molecule has 0 amide bonds. The number of nitriles is 1. The summed E-state index contributed by atoms with van der Waals surface area (Å²) in [5, 5.41) is 13.1. The molecule has 0 saturated heterocycles. The van der Waals surface area contributed by atoms with E-state index in [-0.39, 0.29) is 28.2 Å². The Morgan fingerprint density at radius 1 is 1.09 bits per heavy atom. The average Bonchev–Trinajstić information content (AvgIpc) is 3.26. The van der Waals surface area contributed by atoms with Gasteiger partial charge in [-0.15, -0.1) is 0 Å². The van der Waals surface area contributed by atoms with Gasteiger partial charge < -0.3 is 0 Å². The summed E-state index contributed by atoms with van der Waals surface area (Å²) in [5.74, 6) is 0.505. The van der Waals surface area contributed by atoms with Crippen LogP contribution in [0.1, 0.15) is 36.6 Å². The molecule has 0 atom stereocenters. The molecule has 8 nitrogen and oxygen atoms in total. The number of aromatic amines is 1. The highest BCUT2D eigenvalue weighted by molar-refractivity contribution is 7.98. The SMILES string of the molecule is CC(C)c1ccccc1-n1c(SCc2cc(=O)n3[nH]cc(C#N)c3n2)nc2ccccc2c1=O. The van der Waals surface area contributed by atoms with Crippen LogP contribution < -0.4 is 11.1 Å². The molecule has 2 aromatic carbocycles. The first kappa shape index (κ1) is 21.7. The van der Waals surface area contributed by atoms with Crippen molar-refractivity contribution in [1.82, 2.24) is 24.1 Å². The number of hydrogen-bond donors (Lipinski definition) is 1. The second-order valence-electron chi connectivity index (χ2n) is 8.10. The van der Waals surface area contributed by atoms with Crippen LogP contribution in [0.3, 0.4) is 0 Å². The zero-order valence-corrected chi connectivity index (χ0v) is 19.3. The first-order chi connectivity index (χ1) is 16.5. The van der Waals surface area contributed by atoms with E-state index in [1.54, 1.807) is 10.6 Å². The number of benzene rings is 2. The molecule has 0 bridgehead atoms. The summed E-state index contributed by atoms with van der Waals surface area (Å²) in [6.07, 6.45) is 1.45. The molecule has 0 aliphatic carbocycles. The average molecular weight is 469 g/mol. The van der Waals surface area contributed by atoms with Gasteiger partial charge in [0.1, 0.15) is 11.6 Å². The maximum Gasteiger partial charge on any atom is 0.272 e. The maximum absolute atomic E-state index is 13.6. The molecule has 0 aliphatic heterocycles. The van der Waals surface area contributed by atoms with Crippen LogP contribution in [0.5, 0.6) is 0 Å². The summed E-state index contributed by atoms with van der Waals surface area (Å²) < 4.78 is 2.88. The first-order valence-electron chi connectivity index (χ1n) is 10.7. The van der Waals surface area contributed by atoms with E-state index in [2.05, 4.69) is 23.9 Å². The second kappa shape index (κ2) is 8.65. The molecule has 0 saturated carbocycles. The molecule has 5 aromatic rings. The lowest BCUT2D eigenvalue weighted by Crippen LogP contribution is -2.23. The summed E-state index contributed by atoms with van der Waals surface area (Å²) in [7, 11) is 0. The fourth-order valence-electron chi connectivity index (χ4n) is 3.92. The van der Waals surface area contributed by atoms with Crippen LogP contribution in [0.25, 0.3) is 22.2 Å². The highest BCUT2D eigenvalue weighted by Gasteiger charge is 2.18. The fourth-order valence-corrected chi connectivity index (χ4v) is 4.82. The lowest BCUT2D eigenvalue weighted by Gasteiger charge is -2.18. The van der Waals surface area contributed by atoms with E-state index in [9.17, 15) is 14.9 Å². The third kappa shape index (κ3) is 3.68. The van der Waals surface area contributed by atoms with Crippen LogP contribution in [0.2, 0.25) is 0 Å². The van der Waals surface area contributed by atoms with Crippen LogP contribution in [-0.2, 0) is 5.75 Å². The number of fused-ring (bicyclic) bond motifs is 2. The highest BCUT2D eigenvalue weighted by atomic mass is 32.2. The van der Waals surface area contributed by atoms with Crippen molar-refractivity contribution in [2.24, 2.45) is 0 Å². The Kier molecular flexibility index (Phi) is 5.51. The van der Waals surface area contributed by atoms with Crippen molar-refractivity contribution in [3.05, 3.63) is 98.3 Å². The van der Waals surface area contributed by atoms with Crippen LogP contribution in [-0.4, -0.2) is 24.1 Å². The molecule has 1 N–H and O–H groups in total. The molecular formula is C25H20N6O2S. The van der Waals surface area contributed by atoms with Crippen LogP contribution in [0, 0.1) is 11.3 Å². The maximum atomic E-state index is 13.6.